The lowest BCUT2D eigenvalue weighted by Crippen LogP contribution is -2.64. The van der Waals surface area contributed by atoms with Crippen LogP contribution >= 0.6 is 0 Å². The molecule has 2 heterocycles. The number of aromatic nitrogens is 3. The Hall–Kier alpha value is -2.15. The first-order valence-corrected chi connectivity index (χ1v) is 14.1. The highest BCUT2D eigenvalue weighted by Gasteiger charge is 2.46. The lowest BCUT2D eigenvalue weighted by Gasteiger charge is -2.57. The number of likely N-dealkylation sites (tertiary alicyclic amines) is 1. The number of hydrogen-bond acceptors (Lipinski definition) is 7. The Kier molecular flexibility index (Phi) is 10.2. The molecular formula is C30H55N7. The van der Waals surface area contributed by atoms with E-state index in [9.17, 15) is 0 Å². The predicted molar refractivity (Wildman–Crippen MR) is 161 cm³/mol. The molecule has 37 heavy (non-hydrogen) atoms. The maximum Gasteiger partial charge on any atom is 0.232 e. The van der Waals surface area contributed by atoms with Gasteiger partial charge in [0.15, 0.2) is 0 Å². The van der Waals surface area contributed by atoms with Crippen LogP contribution < -0.4 is 15.5 Å². The molecule has 7 heteroatoms. The number of nitrogens with zero attached hydrogens (tertiary/aromatic N) is 5. The maximum absolute atomic E-state index is 5.03. The zero-order chi connectivity index (χ0) is 28.1. The maximum atomic E-state index is 5.03. The number of nitrogens with one attached hydrogen (secondary N) is 2. The van der Waals surface area contributed by atoms with Crippen LogP contribution in [0.4, 0.5) is 17.8 Å². The molecule has 1 fully saturated rings. The molecule has 1 aliphatic heterocycles. The van der Waals surface area contributed by atoms with Crippen molar-refractivity contribution in [2.45, 2.75) is 124 Å². The van der Waals surface area contributed by atoms with Gasteiger partial charge in [-0.05, 0) is 72.6 Å². The SMILES string of the molecule is C=CCNc1nc(NC(C)(C)CC(C)(C)C)nc(N(CCCC)C2CC(C)(C)N(CC=C)C(C)(C)C2)n1. The molecule has 0 aromatic carbocycles. The second-order valence-electron chi connectivity index (χ2n) is 13.8. The molecule has 210 valence electrons. The van der Waals surface area contributed by atoms with Gasteiger partial charge in [-0.15, -0.1) is 13.2 Å². The zero-order valence-electron chi connectivity index (χ0n) is 25.5. The number of unbranched alkanes of at least 4 members (excludes halogenated alkanes) is 1. The summed E-state index contributed by atoms with van der Waals surface area (Å²) >= 11 is 0. The van der Waals surface area contributed by atoms with Gasteiger partial charge in [-0.2, -0.15) is 15.0 Å². The number of anilines is 3. The first kappa shape index (κ1) is 31.1. The van der Waals surface area contributed by atoms with Gasteiger partial charge in [0.2, 0.25) is 17.8 Å². The average Bonchev–Trinajstić information content (AvgIpc) is 2.72. The first-order chi connectivity index (χ1) is 17.0. The number of rotatable bonds is 13. The fourth-order valence-corrected chi connectivity index (χ4v) is 6.35. The van der Waals surface area contributed by atoms with Gasteiger partial charge in [-0.25, -0.2) is 0 Å². The fourth-order valence-electron chi connectivity index (χ4n) is 6.35. The molecule has 1 aromatic heterocycles. The normalized spacial score (nSPS) is 18.3. The van der Waals surface area contributed by atoms with Gasteiger partial charge < -0.3 is 15.5 Å². The molecule has 0 amide bonds. The van der Waals surface area contributed by atoms with Gasteiger partial charge in [0, 0.05) is 42.3 Å². The molecule has 1 saturated heterocycles. The van der Waals surface area contributed by atoms with Crippen molar-refractivity contribution in [3.05, 3.63) is 25.3 Å². The van der Waals surface area contributed by atoms with Gasteiger partial charge in [0.1, 0.15) is 0 Å². The second kappa shape index (κ2) is 12.1. The van der Waals surface area contributed by atoms with E-state index in [-0.39, 0.29) is 22.0 Å². The molecule has 0 radical (unpaired) electrons. The van der Waals surface area contributed by atoms with Crippen molar-refractivity contribution in [3.8, 4) is 0 Å². The fraction of sp³-hybridized carbons (Fsp3) is 0.767. The molecule has 0 atom stereocenters. The van der Waals surface area contributed by atoms with Gasteiger partial charge >= 0.3 is 0 Å². The Balaban J connectivity index is 2.51. The molecule has 0 spiro atoms. The Morgan fingerprint density at radius 1 is 0.973 bits per heavy atom. The molecule has 2 rings (SSSR count). The summed E-state index contributed by atoms with van der Waals surface area (Å²) in [5.41, 5.74) is 0.0659. The molecule has 1 aliphatic rings. The summed E-state index contributed by atoms with van der Waals surface area (Å²) in [6.07, 6.45) is 9.12. The van der Waals surface area contributed by atoms with E-state index in [1.165, 1.54) is 0 Å². The molecular weight excluding hydrogens is 458 g/mol. The molecule has 1 aromatic rings. The summed E-state index contributed by atoms with van der Waals surface area (Å²) in [5, 5.41) is 6.94. The van der Waals surface area contributed by atoms with E-state index in [1.54, 1.807) is 0 Å². The highest BCUT2D eigenvalue weighted by molar-refractivity contribution is 5.46. The van der Waals surface area contributed by atoms with Crippen molar-refractivity contribution in [2.75, 3.05) is 35.2 Å². The number of hydrogen-bond donors (Lipinski definition) is 2. The van der Waals surface area contributed by atoms with E-state index < -0.39 is 0 Å². The number of piperidine rings is 1. The minimum absolute atomic E-state index is 0.0256. The molecule has 2 N–H and O–H groups in total. The van der Waals surface area contributed by atoms with E-state index in [2.05, 4.69) is 103 Å². The van der Waals surface area contributed by atoms with Crippen LogP contribution in [-0.2, 0) is 0 Å². The lowest BCUT2D eigenvalue weighted by molar-refractivity contribution is -0.0263. The van der Waals surface area contributed by atoms with Crippen molar-refractivity contribution in [1.29, 1.82) is 0 Å². The summed E-state index contributed by atoms with van der Waals surface area (Å²) in [6.45, 7) is 33.2. The van der Waals surface area contributed by atoms with Gasteiger partial charge in [0.05, 0.1) is 0 Å². The van der Waals surface area contributed by atoms with Crippen LogP contribution in [0.25, 0.3) is 0 Å². The molecule has 0 aliphatic carbocycles. The van der Waals surface area contributed by atoms with Crippen molar-refractivity contribution in [2.24, 2.45) is 5.41 Å². The lowest BCUT2D eigenvalue weighted by atomic mass is 9.76. The largest absolute Gasteiger partial charge is 0.351 e. The highest BCUT2D eigenvalue weighted by Crippen LogP contribution is 2.41. The Morgan fingerprint density at radius 2 is 1.57 bits per heavy atom. The molecule has 0 unspecified atom stereocenters. The molecule has 0 bridgehead atoms. The third kappa shape index (κ3) is 8.98. The molecule has 0 saturated carbocycles. The summed E-state index contributed by atoms with van der Waals surface area (Å²) < 4.78 is 0. The van der Waals surface area contributed by atoms with E-state index >= 15 is 0 Å². The van der Waals surface area contributed by atoms with Crippen LogP contribution in [0.3, 0.4) is 0 Å². The van der Waals surface area contributed by atoms with Gasteiger partial charge in [-0.3, -0.25) is 4.90 Å². The monoisotopic (exact) mass is 513 g/mol. The van der Waals surface area contributed by atoms with E-state index in [1.807, 2.05) is 12.2 Å². The van der Waals surface area contributed by atoms with E-state index in [4.69, 9.17) is 15.0 Å². The minimum Gasteiger partial charge on any atom is -0.351 e. The zero-order valence-corrected chi connectivity index (χ0v) is 25.5. The summed E-state index contributed by atoms with van der Waals surface area (Å²) in [6, 6.07) is 0.322. The average molecular weight is 514 g/mol. The summed E-state index contributed by atoms with van der Waals surface area (Å²) in [5.74, 6) is 1.95. The smallest absolute Gasteiger partial charge is 0.232 e. The van der Waals surface area contributed by atoms with Crippen LogP contribution in [0.5, 0.6) is 0 Å². The van der Waals surface area contributed by atoms with Crippen LogP contribution in [0.1, 0.15) is 101 Å². The Morgan fingerprint density at radius 3 is 2.08 bits per heavy atom. The van der Waals surface area contributed by atoms with Gasteiger partial charge in [-0.1, -0.05) is 46.3 Å². The summed E-state index contributed by atoms with van der Waals surface area (Å²) in [4.78, 5) is 19.7. The molecule has 7 nitrogen and oxygen atoms in total. The van der Waals surface area contributed by atoms with E-state index in [0.29, 0.717) is 24.5 Å². The van der Waals surface area contributed by atoms with Crippen LogP contribution in [-0.4, -0.2) is 62.1 Å². The van der Waals surface area contributed by atoms with E-state index in [0.717, 1.165) is 51.1 Å². The van der Waals surface area contributed by atoms with Crippen LogP contribution in [0, 0.1) is 5.41 Å². The predicted octanol–water partition coefficient (Wildman–Crippen LogP) is 6.91. The Labute approximate surface area is 227 Å². The standard InChI is InChI=1S/C30H55N7/c1-13-16-19-36(23-20-29(9,10)37(18-15-3)30(11,12)21-23)26-33-24(31-17-14-2)32-25(34-26)35-28(7,8)22-27(4,5)6/h14-15,23H,2-3,13,16-22H2,1,4-12H3,(H2,31,32,33,34,35). The first-order valence-electron chi connectivity index (χ1n) is 14.1. The van der Waals surface area contributed by atoms with Crippen molar-refractivity contribution in [1.82, 2.24) is 19.9 Å². The van der Waals surface area contributed by atoms with Crippen molar-refractivity contribution in [3.63, 3.8) is 0 Å². The topological polar surface area (TPSA) is 69.2 Å². The second-order valence-corrected chi connectivity index (χ2v) is 13.8. The highest BCUT2D eigenvalue weighted by atomic mass is 15.4. The Bertz CT molecular complexity index is 880. The third-order valence-corrected chi connectivity index (χ3v) is 7.14. The third-order valence-electron chi connectivity index (χ3n) is 7.14. The van der Waals surface area contributed by atoms with Crippen LogP contribution in [0.15, 0.2) is 25.3 Å². The quantitative estimate of drug-likeness (QED) is 0.278. The van der Waals surface area contributed by atoms with Crippen molar-refractivity contribution < 1.29 is 0 Å². The minimum atomic E-state index is -0.166. The van der Waals surface area contributed by atoms with Crippen molar-refractivity contribution >= 4 is 17.8 Å². The summed E-state index contributed by atoms with van der Waals surface area (Å²) in [7, 11) is 0. The van der Waals surface area contributed by atoms with Gasteiger partial charge in [0.25, 0.3) is 0 Å². The van der Waals surface area contributed by atoms with Crippen LogP contribution in [0.2, 0.25) is 0 Å².